The molecule has 5 nitrogen and oxygen atoms in total. The van der Waals surface area contributed by atoms with Gasteiger partial charge in [0.1, 0.15) is 5.76 Å². The average molecular weight is 335 g/mol. The summed E-state index contributed by atoms with van der Waals surface area (Å²) in [5.74, 6) is 0.614. The molecule has 0 unspecified atom stereocenters. The molecule has 0 aliphatic carbocycles. The molecule has 1 aromatic carbocycles. The monoisotopic (exact) mass is 334 g/mol. The number of hydrogen-bond acceptors (Lipinski definition) is 4. The van der Waals surface area contributed by atoms with Crippen molar-refractivity contribution in [2.24, 2.45) is 5.92 Å². The van der Waals surface area contributed by atoms with Crippen LogP contribution in [0.1, 0.15) is 27.4 Å². The predicted octanol–water partition coefficient (Wildman–Crippen LogP) is 2.62. The first-order chi connectivity index (χ1) is 10.9. The van der Waals surface area contributed by atoms with E-state index in [-0.39, 0.29) is 11.8 Å². The van der Waals surface area contributed by atoms with Crippen LogP contribution in [0.3, 0.4) is 0 Å². The Labute approximate surface area is 139 Å². The molecule has 2 atom stereocenters. The van der Waals surface area contributed by atoms with Gasteiger partial charge in [0, 0.05) is 42.1 Å². The van der Waals surface area contributed by atoms with Crippen LogP contribution in [0.4, 0.5) is 0 Å². The van der Waals surface area contributed by atoms with Crippen molar-refractivity contribution in [3.05, 3.63) is 51.9 Å². The molecule has 2 heterocycles. The number of benzene rings is 1. The maximum Gasteiger partial charge on any atom is 0.253 e. The highest BCUT2D eigenvalue weighted by molar-refractivity contribution is 6.31. The number of aryl methyl sites for hydroxylation is 2. The van der Waals surface area contributed by atoms with Crippen LogP contribution in [0.15, 0.2) is 28.8 Å². The fraction of sp³-hybridized carbons (Fsp3) is 0.412. The van der Waals surface area contributed by atoms with E-state index in [1.54, 1.807) is 23.1 Å². The molecular weight excluding hydrogens is 316 g/mol. The third-order valence-electron chi connectivity index (χ3n) is 4.24. The third kappa shape index (κ3) is 3.41. The minimum Gasteiger partial charge on any atom is -0.391 e. The number of halogens is 1. The second-order valence-corrected chi connectivity index (χ2v) is 6.55. The SMILES string of the molecule is Cc1cc(C[C@@H]2CN(C(=O)c3ccc(Cl)c(C)c3)C[C@@H]2O)on1. The highest BCUT2D eigenvalue weighted by Gasteiger charge is 2.35. The number of aliphatic hydroxyl groups is 1. The summed E-state index contributed by atoms with van der Waals surface area (Å²) in [7, 11) is 0. The third-order valence-corrected chi connectivity index (χ3v) is 4.66. The molecule has 0 bridgehead atoms. The molecule has 122 valence electrons. The largest absolute Gasteiger partial charge is 0.391 e. The van der Waals surface area contributed by atoms with E-state index in [0.29, 0.717) is 30.1 Å². The Morgan fingerprint density at radius 3 is 2.83 bits per heavy atom. The van der Waals surface area contributed by atoms with Crippen LogP contribution in [-0.4, -0.2) is 40.3 Å². The standard InChI is InChI=1S/C17H19ClN2O3/c1-10-5-12(3-4-15(10)18)17(22)20-8-13(16(21)9-20)7-14-6-11(2)19-23-14/h3-6,13,16,21H,7-9H2,1-2H3/t13-,16+/m1/s1. The van der Waals surface area contributed by atoms with Crippen LogP contribution in [-0.2, 0) is 6.42 Å². The first-order valence-corrected chi connectivity index (χ1v) is 7.97. The number of likely N-dealkylation sites (tertiary alicyclic amines) is 1. The Kier molecular flexibility index (Phi) is 4.41. The van der Waals surface area contributed by atoms with E-state index < -0.39 is 6.10 Å². The summed E-state index contributed by atoms with van der Waals surface area (Å²) in [5, 5.41) is 14.7. The first kappa shape index (κ1) is 16.0. The lowest BCUT2D eigenvalue weighted by Crippen LogP contribution is -2.29. The van der Waals surface area contributed by atoms with E-state index in [1.807, 2.05) is 19.9 Å². The van der Waals surface area contributed by atoms with Crippen LogP contribution >= 0.6 is 11.6 Å². The molecule has 0 saturated carbocycles. The minimum atomic E-state index is -0.558. The Balaban J connectivity index is 1.69. The van der Waals surface area contributed by atoms with Gasteiger partial charge in [-0.05, 0) is 37.6 Å². The molecule has 1 N–H and O–H groups in total. The fourth-order valence-electron chi connectivity index (χ4n) is 2.95. The molecule has 1 saturated heterocycles. The van der Waals surface area contributed by atoms with Crippen molar-refractivity contribution in [2.45, 2.75) is 26.4 Å². The van der Waals surface area contributed by atoms with Crippen LogP contribution in [0.25, 0.3) is 0 Å². The average Bonchev–Trinajstić information content (AvgIpc) is 3.08. The zero-order valence-electron chi connectivity index (χ0n) is 13.1. The van der Waals surface area contributed by atoms with Gasteiger partial charge in [0.2, 0.25) is 0 Å². The summed E-state index contributed by atoms with van der Waals surface area (Å²) in [5.41, 5.74) is 2.28. The van der Waals surface area contributed by atoms with E-state index in [0.717, 1.165) is 17.0 Å². The molecule has 1 aliphatic heterocycles. The number of aromatic nitrogens is 1. The summed E-state index contributed by atoms with van der Waals surface area (Å²) < 4.78 is 5.20. The second-order valence-electron chi connectivity index (χ2n) is 6.14. The van der Waals surface area contributed by atoms with Crippen molar-refractivity contribution in [3.63, 3.8) is 0 Å². The fourth-order valence-corrected chi connectivity index (χ4v) is 3.07. The molecule has 1 amide bonds. The van der Waals surface area contributed by atoms with Gasteiger partial charge in [-0.2, -0.15) is 0 Å². The quantitative estimate of drug-likeness (QED) is 0.937. The van der Waals surface area contributed by atoms with Crippen LogP contribution in [0.2, 0.25) is 5.02 Å². The topological polar surface area (TPSA) is 66.6 Å². The van der Waals surface area contributed by atoms with Crippen molar-refractivity contribution >= 4 is 17.5 Å². The van der Waals surface area contributed by atoms with Crippen molar-refractivity contribution < 1.29 is 14.4 Å². The Morgan fingerprint density at radius 2 is 2.17 bits per heavy atom. The number of aliphatic hydroxyl groups excluding tert-OH is 1. The van der Waals surface area contributed by atoms with Gasteiger partial charge in [0.05, 0.1) is 11.8 Å². The van der Waals surface area contributed by atoms with Crippen molar-refractivity contribution in [1.29, 1.82) is 0 Å². The highest BCUT2D eigenvalue weighted by Crippen LogP contribution is 2.24. The molecule has 2 aromatic rings. The maximum absolute atomic E-state index is 12.6. The van der Waals surface area contributed by atoms with Crippen molar-refractivity contribution in [3.8, 4) is 0 Å². The molecule has 0 spiro atoms. The molecule has 6 heteroatoms. The molecule has 3 rings (SSSR count). The molecule has 0 radical (unpaired) electrons. The smallest absolute Gasteiger partial charge is 0.253 e. The number of hydrogen-bond donors (Lipinski definition) is 1. The Morgan fingerprint density at radius 1 is 1.39 bits per heavy atom. The van der Waals surface area contributed by atoms with Gasteiger partial charge in [-0.1, -0.05) is 16.8 Å². The summed E-state index contributed by atoms with van der Waals surface area (Å²) >= 11 is 6.00. The Hall–Kier alpha value is -1.85. The van der Waals surface area contributed by atoms with Crippen molar-refractivity contribution in [1.82, 2.24) is 10.1 Å². The van der Waals surface area contributed by atoms with Gasteiger partial charge in [-0.25, -0.2) is 0 Å². The number of amides is 1. The van der Waals surface area contributed by atoms with Crippen LogP contribution in [0.5, 0.6) is 0 Å². The lowest BCUT2D eigenvalue weighted by atomic mass is 10.0. The summed E-state index contributed by atoms with van der Waals surface area (Å²) in [6, 6.07) is 7.09. The molecule has 23 heavy (non-hydrogen) atoms. The van der Waals surface area contributed by atoms with E-state index in [4.69, 9.17) is 16.1 Å². The van der Waals surface area contributed by atoms with Gasteiger partial charge >= 0.3 is 0 Å². The van der Waals surface area contributed by atoms with Gasteiger partial charge in [0.25, 0.3) is 5.91 Å². The van der Waals surface area contributed by atoms with E-state index >= 15 is 0 Å². The number of nitrogens with zero attached hydrogens (tertiary/aromatic N) is 2. The minimum absolute atomic E-state index is 0.0419. The molecule has 1 aliphatic rings. The zero-order valence-corrected chi connectivity index (χ0v) is 13.9. The normalized spacial score (nSPS) is 21.0. The van der Waals surface area contributed by atoms with Gasteiger partial charge < -0.3 is 14.5 Å². The molecule has 1 fully saturated rings. The first-order valence-electron chi connectivity index (χ1n) is 7.59. The van der Waals surface area contributed by atoms with Gasteiger partial charge in [-0.15, -0.1) is 0 Å². The number of carbonyl (C=O) groups is 1. The van der Waals surface area contributed by atoms with Crippen LogP contribution < -0.4 is 0 Å². The molecular formula is C17H19ClN2O3. The summed E-state index contributed by atoms with van der Waals surface area (Å²) in [6.45, 7) is 4.56. The predicted molar refractivity (Wildman–Crippen MR) is 86.5 cm³/mol. The second kappa shape index (κ2) is 6.34. The maximum atomic E-state index is 12.6. The number of carbonyl (C=O) groups excluding carboxylic acids is 1. The number of β-amino-alcohol motifs (C(OH)–C–C–N with tert-alkyl or cyclic N) is 1. The van der Waals surface area contributed by atoms with E-state index in [2.05, 4.69) is 5.16 Å². The zero-order chi connectivity index (χ0) is 16.6. The lowest BCUT2D eigenvalue weighted by Gasteiger charge is -2.16. The Bertz CT molecular complexity index is 728. The molecule has 1 aromatic heterocycles. The van der Waals surface area contributed by atoms with Gasteiger partial charge in [0.15, 0.2) is 0 Å². The lowest BCUT2D eigenvalue weighted by molar-refractivity contribution is 0.0764. The van der Waals surface area contributed by atoms with Gasteiger partial charge in [-0.3, -0.25) is 4.79 Å². The summed E-state index contributed by atoms with van der Waals surface area (Å²) in [4.78, 5) is 14.3. The van der Waals surface area contributed by atoms with Crippen molar-refractivity contribution in [2.75, 3.05) is 13.1 Å². The van der Waals surface area contributed by atoms with Crippen LogP contribution in [0, 0.1) is 19.8 Å². The number of rotatable bonds is 3. The summed E-state index contributed by atoms with van der Waals surface area (Å²) in [6.07, 6.45) is 0.0172. The highest BCUT2D eigenvalue weighted by atomic mass is 35.5. The van der Waals surface area contributed by atoms with E-state index in [1.165, 1.54) is 0 Å². The van der Waals surface area contributed by atoms with E-state index in [9.17, 15) is 9.90 Å².